The van der Waals surface area contributed by atoms with E-state index in [0.29, 0.717) is 6.54 Å². The van der Waals surface area contributed by atoms with Crippen molar-refractivity contribution in [2.24, 2.45) is 5.73 Å². The fourth-order valence-electron chi connectivity index (χ4n) is 0.919. The monoisotopic (exact) mass is 202 g/mol. The lowest BCUT2D eigenvalue weighted by atomic mass is 10.3. The zero-order chi connectivity index (χ0) is 11.0. The highest BCUT2D eigenvalue weighted by atomic mass is 16.5. The summed E-state index contributed by atoms with van der Waals surface area (Å²) in [6.45, 7) is 7.14. The van der Waals surface area contributed by atoms with Gasteiger partial charge in [-0.05, 0) is 33.6 Å². The second kappa shape index (κ2) is 7.76. The second-order valence-electron chi connectivity index (χ2n) is 3.71. The molecule has 0 bridgehead atoms. The number of hydrogen-bond acceptors (Lipinski definition) is 3. The Labute approximate surface area is 86.2 Å². The third-order valence-electron chi connectivity index (χ3n) is 1.74. The van der Waals surface area contributed by atoms with Crippen LogP contribution in [0, 0.1) is 0 Å². The van der Waals surface area contributed by atoms with E-state index in [1.165, 1.54) is 0 Å². The van der Waals surface area contributed by atoms with E-state index in [1.807, 2.05) is 13.8 Å². The summed E-state index contributed by atoms with van der Waals surface area (Å²) in [5, 5.41) is 2.75. The Morgan fingerprint density at radius 1 is 1.36 bits per heavy atom. The van der Waals surface area contributed by atoms with Crippen LogP contribution in [0.15, 0.2) is 0 Å². The van der Waals surface area contributed by atoms with E-state index >= 15 is 0 Å². The molecule has 1 unspecified atom stereocenters. The molecule has 0 fully saturated rings. The van der Waals surface area contributed by atoms with Crippen molar-refractivity contribution < 1.29 is 9.53 Å². The highest BCUT2D eigenvalue weighted by Crippen LogP contribution is 1.93. The Hall–Kier alpha value is -0.610. The van der Waals surface area contributed by atoms with Crippen molar-refractivity contribution in [2.45, 2.75) is 45.8 Å². The van der Waals surface area contributed by atoms with Crippen LogP contribution in [0.25, 0.3) is 0 Å². The SMILES string of the molecule is CC(C)OCCCCNC(=O)C(C)N. The smallest absolute Gasteiger partial charge is 0.236 e. The molecule has 0 aromatic carbocycles. The Balaban J connectivity index is 3.18. The van der Waals surface area contributed by atoms with Crippen molar-refractivity contribution in [1.82, 2.24) is 5.32 Å². The van der Waals surface area contributed by atoms with Gasteiger partial charge in [-0.25, -0.2) is 0 Å². The Morgan fingerprint density at radius 3 is 2.50 bits per heavy atom. The summed E-state index contributed by atoms with van der Waals surface area (Å²) in [7, 11) is 0. The van der Waals surface area contributed by atoms with E-state index in [2.05, 4.69) is 5.32 Å². The Morgan fingerprint density at radius 2 is 2.00 bits per heavy atom. The number of rotatable bonds is 7. The molecule has 0 aliphatic rings. The van der Waals surface area contributed by atoms with Crippen molar-refractivity contribution in [3.05, 3.63) is 0 Å². The second-order valence-corrected chi connectivity index (χ2v) is 3.71. The number of ether oxygens (including phenoxy) is 1. The lowest BCUT2D eigenvalue weighted by molar-refractivity contribution is -0.122. The summed E-state index contributed by atoms with van der Waals surface area (Å²) < 4.78 is 5.36. The normalized spacial score (nSPS) is 12.9. The van der Waals surface area contributed by atoms with Gasteiger partial charge in [0.25, 0.3) is 0 Å². The number of nitrogens with two attached hydrogens (primary N) is 1. The Bertz CT molecular complexity index is 158. The summed E-state index contributed by atoms with van der Waals surface area (Å²) in [4.78, 5) is 11.0. The third kappa shape index (κ3) is 8.01. The van der Waals surface area contributed by atoms with Crippen molar-refractivity contribution in [3.8, 4) is 0 Å². The molecule has 3 N–H and O–H groups in total. The molecule has 4 nitrogen and oxygen atoms in total. The van der Waals surface area contributed by atoms with Crippen LogP contribution < -0.4 is 11.1 Å². The molecule has 0 heterocycles. The van der Waals surface area contributed by atoms with Crippen molar-refractivity contribution in [1.29, 1.82) is 0 Å². The molecule has 0 rings (SSSR count). The van der Waals surface area contributed by atoms with Gasteiger partial charge in [0, 0.05) is 13.2 Å². The first-order valence-corrected chi connectivity index (χ1v) is 5.19. The number of nitrogens with one attached hydrogen (secondary N) is 1. The Kier molecular flexibility index (Phi) is 7.42. The number of hydrogen-bond donors (Lipinski definition) is 2. The molecule has 4 heteroatoms. The molecular weight excluding hydrogens is 180 g/mol. The predicted octanol–water partition coefficient (Wildman–Crippen LogP) is 0.655. The molecule has 0 radical (unpaired) electrons. The van der Waals surface area contributed by atoms with E-state index in [9.17, 15) is 4.79 Å². The molecule has 1 atom stereocenters. The van der Waals surface area contributed by atoms with Crippen LogP contribution in [0.2, 0.25) is 0 Å². The fourth-order valence-corrected chi connectivity index (χ4v) is 0.919. The van der Waals surface area contributed by atoms with Gasteiger partial charge < -0.3 is 15.8 Å². The van der Waals surface area contributed by atoms with Crippen LogP contribution in [0.3, 0.4) is 0 Å². The third-order valence-corrected chi connectivity index (χ3v) is 1.74. The highest BCUT2D eigenvalue weighted by Gasteiger charge is 2.04. The van der Waals surface area contributed by atoms with Crippen molar-refractivity contribution in [3.63, 3.8) is 0 Å². The standard InChI is InChI=1S/C10H22N2O2/c1-8(2)14-7-5-4-6-12-10(13)9(3)11/h8-9H,4-7,11H2,1-3H3,(H,12,13). The maximum absolute atomic E-state index is 11.0. The number of carbonyl (C=O) groups is 1. The lowest BCUT2D eigenvalue weighted by Gasteiger charge is -2.09. The summed E-state index contributed by atoms with van der Waals surface area (Å²) in [5.41, 5.74) is 5.38. The van der Waals surface area contributed by atoms with E-state index in [4.69, 9.17) is 10.5 Å². The van der Waals surface area contributed by atoms with Gasteiger partial charge in [0.15, 0.2) is 0 Å². The molecule has 0 aromatic rings. The largest absolute Gasteiger partial charge is 0.379 e. The first-order valence-electron chi connectivity index (χ1n) is 5.19. The molecule has 0 spiro atoms. The minimum Gasteiger partial charge on any atom is -0.379 e. The number of carbonyl (C=O) groups excluding carboxylic acids is 1. The zero-order valence-corrected chi connectivity index (χ0v) is 9.38. The minimum atomic E-state index is -0.415. The average molecular weight is 202 g/mol. The first-order chi connectivity index (χ1) is 6.54. The molecular formula is C10H22N2O2. The first kappa shape index (κ1) is 13.4. The van der Waals surface area contributed by atoms with Gasteiger partial charge >= 0.3 is 0 Å². The molecule has 0 aromatic heterocycles. The van der Waals surface area contributed by atoms with Crippen LogP contribution in [-0.2, 0) is 9.53 Å². The van der Waals surface area contributed by atoms with E-state index < -0.39 is 6.04 Å². The molecule has 0 saturated heterocycles. The topological polar surface area (TPSA) is 64.3 Å². The predicted molar refractivity (Wildman–Crippen MR) is 57.0 cm³/mol. The van der Waals surface area contributed by atoms with E-state index in [-0.39, 0.29) is 12.0 Å². The van der Waals surface area contributed by atoms with Crippen molar-refractivity contribution >= 4 is 5.91 Å². The van der Waals surface area contributed by atoms with Crippen LogP contribution in [0.4, 0.5) is 0 Å². The lowest BCUT2D eigenvalue weighted by Crippen LogP contribution is -2.38. The quantitative estimate of drug-likeness (QED) is 0.596. The van der Waals surface area contributed by atoms with Gasteiger partial charge in [0.05, 0.1) is 12.1 Å². The molecule has 84 valence electrons. The van der Waals surface area contributed by atoms with Gasteiger partial charge in [0.1, 0.15) is 0 Å². The van der Waals surface area contributed by atoms with E-state index in [1.54, 1.807) is 6.92 Å². The molecule has 1 amide bonds. The van der Waals surface area contributed by atoms with Crippen LogP contribution >= 0.6 is 0 Å². The van der Waals surface area contributed by atoms with Gasteiger partial charge in [-0.15, -0.1) is 0 Å². The van der Waals surface area contributed by atoms with E-state index in [0.717, 1.165) is 19.4 Å². The molecule has 0 aliphatic heterocycles. The summed E-state index contributed by atoms with van der Waals surface area (Å²) in [5.74, 6) is -0.0882. The number of unbranched alkanes of at least 4 members (excludes halogenated alkanes) is 1. The maximum Gasteiger partial charge on any atom is 0.236 e. The fraction of sp³-hybridized carbons (Fsp3) is 0.900. The van der Waals surface area contributed by atoms with Gasteiger partial charge in [-0.1, -0.05) is 0 Å². The molecule has 0 aliphatic carbocycles. The number of amides is 1. The van der Waals surface area contributed by atoms with Gasteiger partial charge in [0.2, 0.25) is 5.91 Å². The molecule has 14 heavy (non-hydrogen) atoms. The zero-order valence-electron chi connectivity index (χ0n) is 9.38. The van der Waals surface area contributed by atoms with Crippen LogP contribution in [-0.4, -0.2) is 31.2 Å². The summed E-state index contributed by atoms with van der Waals surface area (Å²) in [6.07, 6.45) is 2.19. The van der Waals surface area contributed by atoms with Gasteiger partial charge in [-0.2, -0.15) is 0 Å². The van der Waals surface area contributed by atoms with Crippen molar-refractivity contribution in [2.75, 3.05) is 13.2 Å². The van der Waals surface area contributed by atoms with Gasteiger partial charge in [-0.3, -0.25) is 4.79 Å². The average Bonchev–Trinajstić information content (AvgIpc) is 2.09. The van der Waals surface area contributed by atoms with Crippen LogP contribution in [0.1, 0.15) is 33.6 Å². The summed E-state index contributed by atoms with van der Waals surface area (Å²) in [6, 6.07) is -0.415. The maximum atomic E-state index is 11.0. The van der Waals surface area contributed by atoms with Crippen LogP contribution in [0.5, 0.6) is 0 Å². The minimum absolute atomic E-state index is 0.0882. The summed E-state index contributed by atoms with van der Waals surface area (Å²) >= 11 is 0. The highest BCUT2D eigenvalue weighted by molar-refractivity contribution is 5.80. The molecule has 0 saturated carbocycles.